The Balaban J connectivity index is 1.61. The highest BCUT2D eigenvalue weighted by Crippen LogP contribution is 2.19. The van der Waals surface area contributed by atoms with Crippen LogP contribution in [0.1, 0.15) is 24.1 Å². The standard InChI is InChI=1S/C19H19N3O/c1-15(17-8-3-2-4-9-17)22-14-16-7-5-10-18(13-16)23-19-20-11-6-12-21-19/h2-13,15,22H,14H2,1H3/t15-/m1/s1. The maximum Gasteiger partial charge on any atom is 0.321 e. The molecule has 0 aliphatic carbocycles. The Morgan fingerprint density at radius 1 is 0.957 bits per heavy atom. The number of rotatable bonds is 6. The average molecular weight is 305 g/mol. The molecule has 23 heavy (non-hydrogen) atoms. The Kier molecular flexibility index (Phi) is 4.96. The molecule has 4 nitrogen and oxygen atoms in total. The second-order valence-electron chi connectivity index (χ2n) is 5.29. The van der Waals surface area contributed by atoms with Gasteiger partial charge in [0, 0.05) is 25.0 Å². The van der Waals surface area contributed by atoms with E-state index in [4.69, 9.17) is 4.74 Å². The lowest BCUT2D eigenvalue weighted by Crippen LogP contribution is -2.17. The summed E-state index contributed by atoms with van der Waals surface area (Å²) in [5, 5.41) is 3.52. The molecule has 0 saturated carbocycles. The zero-order chi connectivity index (χ0) is 15.9. The van der Waals surface area contributed by atoms with Gasteiger partial charge in [-0.1, -0.05) is 42.5 Å². The SMILES string of the molecule is C[C@@H](NCc1cccc(Oc2ncccn2)c1)c1ccccc1. The predicted octanol–water partition coefficient (Wildman–Crippen LogP) is 4.12. The number of nitrogens with zero attached hydrogens (tertiary/aromatic N) is 2. The lowest BCUT2D eigenvalue weighted by Gasteiger charge is -2.14. The fraction of sp³-hybridized carbons (Fsp3) is 0.158. The van der Waals surface area contributed by atoms with E-state index in [2.05, 4.69) is 52.5 Å². The molecule has 1 heterocycles. The van der Waals surface area contributed by atoms with Crippen LogP contribution in [-0.2, 0) is 6.54 Å². The van der Waals surface area contributed by atoms with E-state index in [-0.39, 0.29) is 0 Å². The molecule has 3 rings (SSSR count). The minimum absolute atomic E-state index is 0.290. The average Bonchev–Trinajstić information content (AvgIpc) is 2.62. The molecule has 116 valence electrons. The summed E-state index contributed by atoms with van der Waals surface area (Å²) in [6.07, 6.45) is 3.32. The minimum atomic E-state index is 0.290. The first-order chi connectivity index (χ1) is 11.3. The molecule has 0 aliphatic rings. The summed E-state index contributed by atoms with van der Waals surface area (Å²) in [5.41, 5.74) is 2.43. The van der Waals surface area contributed by atoms with Crippen LogP contribution in [-0.4, -0.2) is 9.97 Å². The first kappa shape index (κ1) is 15.2. The Labute approximate surface area is 136 Å². The fourth-order valence-electron chi connectivity index (χ4n) is 2.29. The molecule has 0 unspecified atom stereocenters. The van der Waals surface area contributed by atoms with Gasteiger partial charge in [0.15, 0.2) is 0 Å². The monoisotopic (exact) mass is 305 g/mol. The van der Waals surface area contributed by atoms with Gasteiger partial charge >= 0.3 is 6.01 Å². The Morgan fingerprint density at radius 3 is 2.52 bits per heavy atom. The molecule has 1 aromatic heterocycles. The second kappa shape index (κ2) is 7.51. The lowest BCUT2D eigenvalue weighted by atomic mass is 10.1. The van der Waals surface area contributed by atoms with Crippen LogP contribution in [0, 0.1) is 0 Å². The van der Waals surface area contributed by atoms with Gasteiger partial charge in [0.25, 0.3) is 0 Å². The van der Waals surface area contributed by atoms with Crippen LogP contribution in [0.2, 0.25) is 0 Å². The highest BCUT2D eigenvalue weighted by Gasteiger charge is 2.05. The van der Waals surface area contributed by atoms with Gasteiger partial charge in [0.1, 0.15) is 5.75 Å². The molecular formula is C19H19N3O. The molecule has 3 aromatic rings. The van der Waals surface area contributed by atoms with Gasteiger partial charge < -0.3 is 10.1 Å². The first-order valence-electron chi connectivity index (χ1n) is 7.63. The van der Waals surface area contributed by atoms with E-state index in [0.29, 0.717) is 12.1 Å². The molecule has 0 bridgehead atoms. The van der Waals surface area contributed by atoms with Gasteiger partial charge in [-0.3, -0.25) is 0 Å². The zero-order valence-corrected chi connectivity index (χ0v) is 13.0. The van der Waals surface area contributed by atoms with Crippen molar-refractivity contribution in [2.45, 2.75) is 19.5 Å². The van der Waals surface area contributed by atoms with Gasteiger partial charge in [-0.25, -0.2) is 9.97 Å². The summed E-state index contributed by atoms with van der Waals surface area (Å²) in [4.78, 5) is 8.14. The number of hydrogen-bond donors (Lipinski definition) is 1. The van der Waals surface area contributed by atoms with Crippen molar-refractivity contribution in [1.29, 1.82) is 0 Å². The third-order valence-electron chi connectivity index (χ3n) is 3.56. The van der Waals surface area contributed by atoms with Crippen molar-refractivity contribution in [3.8, 4) is 11.8 Å². The van der Waals surface area contributed by atoms with Gasteiger partial charge in [-0.15, -0.1) is 0 Å². The number of benzene rings is 2. The highest BCUT2D eigenvalue weighted by molar-refractivity contribution is 5.30. The van der Waals surface area contributed by atoms with E-state index in [1.54, 1.807) is 18.5 Å². The van der Waals surface area contributed by atoms with Crippen LogP contribution in [0.15, 0.2) is 73.1 Å². The van der Waals surface area contributed by atoms with E-state index in [1.807, 2.05) is 24.3 Å². The normalized spacial score (nSPS) is 11.9. The molecule has 4 heteroatoms. The first-order valence-corrected chi connectivity index (χ1v) is 7.63. The zero-order valence-electron chi connectivity index (χ0n) is 13.0. The van der Waals surface area contributed by atoms with E-state index < -0.39 is 0 Å². The van der Waals surface area contributed by atoms with Crippen molar-refractivity contribution in [2.75, 3.05) is 0 Å². The number of ether oxygens (including phenoxy) is 1. The summed E-state index contributed by atoms with van der Waals surface area (Å²) in [7, 11) is 0. The van der Waals surface area contributed by atoms with Gasteiger partial charge in [0.05, 0.1) is 0 Å². The maximum absolute atomic E-state index is 5.66. The van der Waals surface area contributed by atoms with Crippen molar-refractivity contribution in [1.82, 2.24) is 15.3 Å². The summed E-state index contributed by atoms with van der Waals surface area (Å²) < 4.78 is 5.66. The molecule has 0 radical (unpaired) electrons. The molecule has 0 saturated heterocycles. The van der Waals surface area contributed by atoms with Crippen LogP contribution in [0.5, 0.6) is 11.8 Å². The summed E-state index contributed by atoms with van der Waals surface area (Å²) in [6.45, 7) is 2.93. The largest absolute Gasteiger partial charge is 0.424 e. The van der Waals surface area contributed by atoms with Gasteiger partial charge in [-0.2, -0.15) is 0 Å². The number of hydrogen-bond acceptors (Lipinski definition) is 4. The molecule has 1 atom stereocenters. The van der Waals surface area contributed by atoms with Crippen molar-refractivity contribution in [2.24, 2.45) is 0 Å². The third kappa shape index (κ3) is 4.37. The van der Waals surface area contributed by atoms with Crippen LogP contribution in [0.3, 0.4) is 0 Å². The Hall–Kier alpha value is -2.72. The molecule has 0 aliphatic heterocycles. The Morgan fingerprint density at radius 2 is 1.74 bits per heavy atom. The van der Waals surface area contributed by atoms with Gasteiger partial charge in [-0.05, 0) is 36.2 Å². The van der Waals surface area contributed by atoms with Crippen LogP contribution in [0.25, 0.3) is 0 Å². The van der Waals surface area contributed by atoms with E-state index in [1.165, 1.54) is 5.56 Å². The lowest BCUT2D eigenvalue weighted by molar-refractivity contribution is 0.440. The quantitative estimate of drug-likeness (QED) is 0.744. The van der Waals surface area contributed by atoms with E-state index in [9.17, 15) is 0 Å². The molecule has 2 aromatic carbocycles. The smallest absolute Gasteiger partial charge is 0.321 e. The van der Waals surface area contributed by atoms with Crippen molar-refractivity contribution >= 4 is 0 Å². The summed E-state index contributed by atoms with van der Waals surface area (Å²) in [6, 6.07) is 20.8. The summed E-state index contributed by atoms with van der Waals surface area (Å²) >= 11 is 0. The van der Waals surface area contributed by atoms with Crippen LogP contribution in [0.4, 0.5) is 0 Å². The maximum atomic E-state index is 5.66. The van der Waals surface area contributed by atoms with E-state index >= 15 is 0 Å². The van der Waals surface area contributed by atoms with Crippen LogP contribution < -0.4 is 10.1 Å². The topological polar surface area (TPSA) is 47.0 Å². The third-order valence-corrected chi connectivity index (χ3v) is 3.56. The predicted molar refractivity (Wildman–Crippen MR) is 90.2 cm³/mol. The molecule has 0 fully saturated rings. The molecular weight excluding hydrogens is 286 g/mol. The highest BCUT2D eigenvalue weighted by atomic mass is 16.5. The minimum Gasteiger partial charge on any atom is -0.424 e. The van der Waals surface area contributed by atoms with Gasteiger partial charge in [0.2, 0.25) is 0 Å². The summed E-state index contributed by atoms with van der Waals surface area (Å²) in [5.74, 6) is 0.739. The second-order valence-corrected chi connectivity index (χ2v) is 5.29. The molecule has 0 spiro atoms. The Bertz CT molecular complexity index is 732. The number of aromatic nitrogens is 2. The fourth-order valence-corrected chi connectivity index (χ4v) is 2.29. The molecule has 0 amide bonds. The molecule has 1 N–H and O–H groups in total. The number of nitrogens with one attached hydrogen (secondary N) is 1. The van der Waals surface area contributed by atoms with Crippen molar-refractivity contribution in [3.63, 3.8) is 0 Å². The van der Waals surface area contributed by atoms with Crippen molar-refractivity contribution < 1.29 is 4.74 Å². The van der Waals surface area contributed by atoms with E-state index in [0.717, 1.165) is 17.9 Å². The van der Waals surface area contributed by atoms with Crippen LogP contribution >= 0.6 is 0 Å². The van der Waals surface area contributed by atoms with Crippen molar-refractivity contribution in [3.05, 3.63) is 84.2 Å².